The molecule has 5 aliphatic rings. The van der Waals surface area contributed by atoms with Gasteiger partial charge in [-0.25, -0.2) is 18.2 Å². The molecular formula is C38H48N6O8S. The third-order valence-corrected chi connectivity index (χ3v) is 13.5. The molecule has 1 unspecified atom stereocenters. The lowest BCUT2D eigenvalue weighted by Gasteiger charge is -2.30. The number of ketones is 1. The van der Waals surface area contributed by atoms with Crippen LogP contribution < -0.4 is 15.4 Å². The highest BCUT2D eigenvalue weighted by atomic mass is 32.2. The van der Waals surface area contributed by atoms with Crippen LogP contribution in [0.3, 0.4) is 0 Å². The van der Waals surface area contributed by atoms with Crippen LogP contribution >= 0.6 is 0 Å². The standard InChI is InChI=1S/C38H48N6O8S/c1-6-43-22-39-26-15-14-24(18-28(26)43)51-25-19-29-32(46)42-38(31(45)30-33(41-30)53(49,50)37(5)16-17-37)20-23(38)12-10-8-7-9-11-13-27(34(47)44(29)21-25)40-35(48)52-36(2,3)4/h10,14-15,18,22,25,27,29,33H,6-9,11,13,16-17,19-21H2,1-5H3,(H,40,48)(H,42,46)/t12?,25-,27+,29+,33?,38-/m1/s1. The summed E-state index contributed by atoms with van der Waals surface area (Å²) in [5.74, 6) is -1.06. The average Bonchev–Trinajstić information content (AvgIpc) is 4.05. The van der Waals surface area contributed by atoms with Gasteiger partial charge in [0.05, 0.1) is 28.7 Å². The van der Waals surface area contributed by atoms with E-state index in [9.17, 15) is 27.6 Å². The molecule has 53 heavy (non-hydrogen) atoms. The Kier molecular flexibility index (Phi) is 9.33. The van der Waals surface area contributed by atoms with Gasteiger partial charge in [-0.2, -0.15) is 0 Å². The second-order valence-corrected chi connectivity index (χ2v) is 18.6. The molecule has 2 saturated carbocycles. The van der Waals surface area contributed by atoms with Crippen LogP contribution in [0.15, 0.2) is 46.9 Å². The van der Waals surface area contributed by atoms with Crippen LogP contribution in [0.25, 0.3) is 11.0 Å². The number of fused-ring (bicyclic) bond motifs is 3. The average molecular weight is 749 g/mol. The van der Waals surface area contributed by atoms with Crippen molar-refractivity contribution in [3.63, 3.8) is 0 Å². The fourth-order valence-corrected chi connectivity index (χ4v) is 9.17. The molecule has 2 aromatic rings. The van der Waals surface area contributed by atoms with Crippen molar-refractivity contribution in [2.75, 3.05) is 6.54 Å². The smallest absolute Gasteiger partial charge is 0.408 e. The van der Waals surface area contributed by atoms with Crippen LogP contribution in [0.1, 0.15) is 92.4 Å². The van der Waals surface area contributed by atoms with E-state index in [1.165, 1.54) is 4.90 Å². The molecule has 284 valence electrons. The molecule has 1 aromatic carbocycles. The van der Waals surface area contributed by atoms with Crippen LogP contribution in [0.4, 0.5) is 4.79 Å². The minimum absolute atomic E-state index is 0.0453. The number of aliphatic imine (C=N–C) groups is 1. The second-order valence-electron chi connectivity index (χ2n) is 16.1. The van der Waals surface area contributed by atoms with Crippen molar-refractivity contribution in [1.82, 2.24) is 25.1 Å². The molecule has 0 radical (unpaired) electrons. The molecule has 3 fully saturated rings. The number of nitrogens with one attached hydrogen (secondary N) is 2. The van der Waals surface area contributed by atoms with Gasteiger partial charge in [-0.15, -0.1) is 5.73 Å². The number of rotatable bonds is 8. The highest BCUT2D eigenvalue weighted by Gasteiger charge is 2.66. The lowest BCUT2D eigenvalue weighted by molar-refractivity contribution is -0.140. The summed E-state index contributed by atoms with van der Waals surface area (Å²) >= 11 is 0. The van der Waals surface area contributed by atoms with E-state index in [0.29, 0.717) is 50.0 Å². The number of sulfone groups is 1. The fraction of sp³-hybridized carbons (Fsp3) is 0.605. The van der Waals surface area contributed by atoms with Crippen LogP contribution in [0.2, 0.25) is 0 Å². The molecule has 7 rings (SSSR count). The number of benzene rings is 1. The number of nitrogens with zero attached hydrogens (tertiary/aromatic N) is 4. The molecule has 5 atom stereocenters. The summed E-state index contributed by atoms with van der Waals surface area (Å²) in [7, 11) is -3.69. The number of carbonyl (C=O) groups excluding carboxylic acids is 4. The van der Waals surface area contributed by atoms with Crippen LogP contribution in [0, 0.1) is 0 Å². The number of amides is 3. The monoisotopic (exact) mass is 748 g/mol. The van der Waals surface area contributed by atoms with Crippen molar-refractivity contribution in [3.05, 3.63) is 41.9 Å². The first-order chi connectivity index (χ1) is 25.0. The molecule has 1 aromatic heterocycles. The Bertz CT molecular complexity index is 2070. The number of aryl methyl sites for hydroxylation is 1. The van der Waals surface area contributed by atoms with Crippen molar-refractivity contribution in [2.45, 2.75) is 138 Å². The predicted molar refractivity (Wildman–Crippen MR) is 196 cm³/mol. The summed E-state index contributed by atoms with van der Waals surface area (Å²) in [4.78, 5) is 65.9. The van der Waals surface area contributed by atoms with Gasteiger partial charge in [0.25, 0.3) is 0 Å². The molecule has 14 nitrogen and oxygen atoms in total. The maximum Gasteiger partial charge on any atom is 0.408 e. The zero-order valence-corrected chi connectivity index (χ0v) is 31.8. The molecule has 3 aliphatic heterocycles. The predicted octanol–water partition coefficient (Wildman–Crippen LogP) is 3.92. The van der Waals surface area contributed by atoms with Crippen LogP contribution in [-0.2, 0) is 35.5 Å². The van der Waals surface area contributed by atoms with Crippen molar-refractivity contribution in [1.29, 1.82) is 0 Å². The van der Waals surface area contributed by atoms with Gasteiger partial charge in [0.1, 0.15) is 40.8 Å². The van der Waals surface area contributed by atoms with E-state index in [1.807, 2.05) is 29.7 Å². The Morgan fingerprint density at radius 1 is 1.15 bits per heavy atom. The number of hydrogen-bond acceptors (Lipinski definition) is 10. The number of imidazole rings is 1. The van der Waals surface area contributed by atoms with E-state index in [4.69, 9.17) is 9.47 Å². The van der Waals surface area contributed by atoms with Gasteiger partial charge in [-0.1, -0.05) is 12.8 Å². The molecule has 3 amide bonds. The molecular weight excluding hydrogens is 701 g/mol. The Hall–Kier alpha value is -4.49. The lowest BCUT2D eigenvalue weighted by atomic mass is 10.0. The number of hydrogen-bond donors (Lipinski definition) is 2. The van der Waals surface area contributed by atoms with Crippen molar-refractivity contribution < 1.29 is 37.1 Å². The highest BCUT2D eigenvalue weighted by Crippen LogP contribution is 2.50. The Morgan fingerprint density at radius 2 is 1.92 bits per heavy atom. The highest BCUT2D eigenvalue weighted by molar-refractivity contribution is 7.95. The first-order valence-corrected chi connectivity index (χ1v) is 20.1. The summed E-state index contributed by atoms with van der Waals surface area (Å²) in [6.45, 7) is 9.65. The normalized spacial score (nSPS) is 28.4. The Labute approximate surface area is 309 Å². The van der Waals surface area contributed by atoms with Crippen molar-refractivity contribution >= 4 is 50.3 Å². The lowest BCUT2D eigenvalue weighted by Crippen LogP contribution is -2.56. The van der Waals surface area contributed by atoms with E-state index in [-0.39, 0.29) is 25.1 Å². The quantitative estimate of drug-likeness (QED) is 0.379. The number of aromatic nitrogens is 2. The zero-order chi connectivity index (χ0) is 37.9. The van der Waals surface area contributed by atoms with E-state index < -0.39 is 73.0 Å². The van der Waals surface area contributed by atoms with Crippen molar-refractivity contribution in [2.24, 2.45) is 4.99 Å². The summed E-state index contributed by atoms with van der Waals surface area (Å²) in [6, 6.07) is 3.49. The summed E-state index contributed by atoms with van der Waals surface area (Å²) in [5.41, 5.74) is 3.08. The fourth-order valence-electron chi connectivity index (χ4n) is 7.31. The SMILES string of the molecule is CCn1cnc2ccc(O[C@@H]3C[C@H]4C(=O)N[C@]5(C(=O)C6=NC6S(=O)(=O)C6(C)CC6)CC5=C=CCCCCC[C@H](NC(=O)OC(C)(C)C)C(=O)N4C3)cc21. The van der Waals surface area contributed by atoms with E-state index >= 15 is 0 Å². The van der Waals surface area contributed by atoms with E-state index in [1.54, 1.807) is 40.1 Å². The maximum atomic E-state index is 14.4. The van der Waals surface area contributed by atoms with E-state index in [0.717, 1.165) is 23.9 Å². The molecule has 2 aliphatic carbocycles. The first-order valence-electron chi connectivity index (χ1n) is 18.6. The minimum Gasteiger partial charge on any atom is -0.488 e. The Balaban J connectivity index is 1.18. The van der Waals surface area contributed by atoms with Gasteiger partial charge in [-0.05, 0) is 84.9 Å². The topological polar surface area (TPSA) is 178 Å². The number of ether oxygens (including phenoxy) is 2. The van der Waals surface area contributed by atoms with E-state index in [2.05, 4.69) is 26.3 Å². The third-order valence-electron chi connectivity index (χ3n) is 10.8. The van der Waals surface area contributed by atoms with Gasteiger partial charge >= 0.3 is 6.09 Å². The third kappa shape index (κ3) is 7.25. The van der Waals surface area contributed by atoms with Gasteiger partial charge in [0.15, 0.2) is 15.2 Å². The summed E-state index contributed by atoms with van der Waals surface area (Å²) < 4.78 is 39.5. The van der Waals surface area contributed by atoms with Gasteiger partial charge in [0.2, 0.25) is 17.6 Å². The number of carbonyl (C=O) groups is 4. The zero-order valence-electron chi connectivity index (χ0n) is 30.9. The number of Topliss-reactive ketones (excluding diaryl/α,β-unsaturated/α-hetero) is 1. The second kappa shape index (κ2) is 13.4. The number of alkyl carbamates (subject to hydrolysis) is 1. The largest absolute Gasteiger partial charge is 0.488 e. The van der Waals surface area contributed by atoms with Crippen LogP contribution in [-0.4, -0.2) is 98.3 Å². The van der Waals surface area contributed by atoms with Crippen molar-refractivity contribution in [3.8, 4) is 5.75 Å². The molecule has 4 heterocycles. The first kappa shape index (κ1) is 36.9. The molecule has 2 N–H and O–H groups in total. The molecule has 1 saturated heterocycles. The van der Waals surface area contributed by atoms with Gasteiger partial charge in [0, 0.05) is 31.0 Å². The summed E-state index contributed by atoms with van der Waals surface area (Å²) in [5, 5.41) is 4.47. The maximum absolute atomic E-state index is 14.4. The Morgan fingerprint density at radius 3 is 2.64 bits per heavy atom. The minimum atomic E-state index is -3.69. The molecule has 0 spiro atoms. The van der Waals surface area contributed by atoms with Gasteiger partial charge < -0.3 is 29.6 Å². The molecule has 15 heteroatoms. The van der Waals surface area contributed by atoms with Gasteiger partial charge in [-0.3, -0.25) is 19.4 Å². The van der Waals surface area contributed by atoms with Crippen LogP contribution in [0.5, 0.6) is 5.75 Å². The summed E-state index contributed by atoms with van der Waals surface area (Å²) in [6.07, 6.45) is 6.69. The molecule has 0 bridgehead atoms.